The molecule has 6 rings (SSSR count). The van der Waals surface area contributed by atoms with E-state index in [4.69, 9.17) is 9.72 Å². The molecular formula is C29H33N5O4S. The first kappa shape index (κ1) is 25.7. The molecule has 0 atom stereocenters. The van der Waals surface area contributed by atoms with Crippen LogP contribution in [0.25, 0.3) is 11.3 Å². The van der Waals surface area contributed by atoms with Gasteiger partial charge in [0.15, 0.2) is 9.84 Å². The van der Waals surface area contributed by atoms with Crippen LogP contribution in [0.4, 0.5) is 10.5 Å². The Kier molecular flexibility index (Phi) is 6.53. The van der Waals surface area contributed by atoms with Gasteiger partial charge in [0.05, 0.1) is 46.1 Å². The molecule has 0 radical (unpaired) electrons. The summed E-state index contributed by atoms with van der Waals surface area (Å²) >= 11 is 0. The van der Waals surface area contributed by atoms with E-state index in [1.54, 1.807) is 44.6 Å². The molecule has 39 heavy (non-hydrogen) atoms. The van der Waals surface area contributed by atoms with Crippen LogP contribution < -0.4 is 15.0 Å². The van der Waals surface area contributed by atoms with E-state index in [-0.39, 0.29) is 17.2 Å². The van der Waals surface area contributed by atoms with Crippen molar-refractivity contribution in [3.63, 3.8) is 0 Å². The number of anilines is 1. The summed E-state index contributed by atoms with van der Waals surface area (Å²) in [5.41, 5.74) is 5.12. The van der Waals surface area contributed by atoms with Crippen molar-refractivity contribution in [2.75, 3.05) is 24.3 Å². The molecule has 1 spiro atoms. The number of urea groups is 1. The minimum absolute atomic E-state index is 0.0565. The number of nitrogens with zero attached hydrogens (tertiary/aromatic N) is 4. The van der Waals surface area contributed by atoms with Gasteiger partial charge in [-0.2, -0.15) is 0 Å². The van der Waals surface area contributed by atoms with Gasteiger partial charge in [-0.25, -0.2) is 28.2 Å². The number of aromatic nitrogens is 3. The number of hydrogen-bond donors (Lipinski definition) is 1. The molecule has 3 aromatic rings. The first-order chi connectivity index (χ1) is 18.8. The van der Waals surface area contributed by atoms with Crippen LogP contribution in [0.5, 0.6) is 5.88 Å². The van der Waals surface area contributed by atoms with Crippen LogP contribution in [0.3, 0.4) is 0 Å². The second-order valence-electron chi connectivity index (χ2n) is 10.8. The molecule has 204 valence electrons. The van der Waals surface area contributed by atoms with Crippen LogP contribution in [0.2, 0.25) is 0 Å². The predicted molar refractivity (Wildman–Crippen MR) is 148 cm³/mol. The number of carbonyl (C=O) groups is 1. The lowest BCUT2D eigenvalue weighted by Gasteiger charge is -2.24. The average molecular weight is 548 g/mol. The third kappa shape index (κ3) is 4.64. The van der Waals surface area contributed by atoms with Gasteiger partial charge >= 0.3 is 6.03 Å². The van der Waals surface area contributed by atoms with Gasteiger partial charge in [0.25, 0.3) is 0 Å². The van der Waals surface area contributed by atoms with Crippen LogP contribution >= 0.6 is 0 Å². The number of nitrogens with one attached hydrogen (secondary N) is 1. The van der Waals surface area contributed by atoms with Crippen LogP contribution in [0.1, 0.15) is 68.3 Å². The molecule has 0 bridgehead atoms. The fourth-order valence-electron chi connectivity index (χ4n) is 5.99. The second kappa shape index (κ2) is 9.89. The number of carbonyl (C=O) groups excluding carboxylic acids is 1. The summed E-state index contributed by atoms with van der Waals surface area (Å²) < 4.78 is 29.8. The number of fused-ring (bicyclic) bond motifs is 2. The van der Waals surface area contributed by atoms with Crippen LogP contribution in [-0.2, 0) is 21.8 Å². The quantitative estimate of drug-likeness (QED) is 0.454. The number of amides is 2. The predicted octanol–water partition coefficient (Wildman–Crippen LogP) is 4.76. The average Bonchev–Trinajstić information content (AvgIpc) is 3.63. The van der Waals surface area contributed by atoms with E-state index >= 15 is 0 Å². The number of benzene rings is 1. The number of sulfone groups is 1. The molecule has 0 saturated heterocycles. The summed E-state index contributed by atoms with van der Waals surface area (Å²) in [6, 6.07) is 10.5. The van der Waals surface area contributed by atoms with E-state index in [9.17, 15) is 13.2 Å². The Balaban J connectivity index is 1.28. The van der Waals surface area contributed by atoms with E-state index in [1.165, 1.54) is 0 Å². The molecule has 2 aromatic heterocycles. The maximum atomic E-state index is 13.5. The van der Waals surface area contributed by atoms with Gasteiger partial charge < -0.3 is 10.1 Å². The fourth-order valence-corrected chi connectivity index (χ4v) is 6.87. The van der Waals surface area contributed by atoms with Crippen molar-refractivity contribution in [3.05, 3.63) is 59.7 Å². The van der Waals surface area contributed by atoms with Crippen molar-refractivity contribution in [2.45, 2.75) is 68.2 Å². The molecule has 1 N–H and O–H groups in total. The zero-order valence-electron chi connectivity index (χ0n) is 22.3. The third-order valence-corrected chi connectivity index (χ3v) is 10.0. The summed E-state index contributed by atoms with van der Waals surface area (Å²) in [6.45, 7) is 2.53. The van der Waals surface area contributed by atoms with Crippen molar-refractivity contribution in [3.8, 4) is 17.1 Å². The first-order valence-electron chi connectivity index (χ1n) is 13.6. The molecule has 2 aliphatic carbocycles. The Morgan fingerprint density at radius 1 is 1.10 bits per heavy atom. The lowest BCUT2D eigenvalue weighted by atomic mass is 9.84. The van der Waals surface area contributed by atoms with Crippen molar-refractivity contribution >= 4 is 21.6 Å². The summed E-state index contributed by atoms with van der Waals surface area (Å²) in [4.78, 5) is 29.7. The van der Waals surface area contributed by atoms with Crippen LogP contribution in [0.15, 0.2) is 47.6 Å². The standard InChI is InChI=1S/C29H33N5O4S/c1-3-39(36,37)21-10-6-19(7-11-21)16-30-28(35)34-17-29(14-4-5-15-29)26-23(34)13-12-22(33-26)24-25(20-8-9-20)31-18-32-27(24)38-2/h6-7,10-13,18,20H,3-5,8-9,14-17H2,1-2H3,(H,30,35). The molecule has 2 saturated carbocycles. The molecule has 10 heteroatoms. The summed E-state index contributed by atoms with van der Waals surface area (Å²) in [5.74, 6) is 0.997. The zero-order chi connectivity index (χ0) is 27.2. The van der Waals surface area contributed by atoms with Gasteiger partial charge in [0, 0.05) is 24.4 Å². The minimum Gasteiger partial charge on any atom is -0.480 e. The van der Waals surface area contributed by atoms with Crippen molar-refractivity contribution in [1.82, 2.24) is 20.3 Å². The van der Waals surface area contributed by atoms with Gasteiger partial charge in [-0.05, 0) is 55.5 Å². The topological polar surface area (TPSA) is 114 Å². The number of pyridine rings is 1. The number of hydrogen-bond acceptors (Lipinski definition) is 7. The molecule has 0 unspecified atom stereocenters. The van der Waals surface area contributed by atoms with E-state index in [2.05, 4.69) is 15.3 Å². The number of methoxy groups -OCH3 is 1. The molecule has 9 nitrogen and oxygen atoms in total. The van der Waals surface area contributed by atoms with Crippen molar-refractivity contribution < 1.29 is 17.9 Å². The molecule has 3 aliphatic rings. The monoisotopic (exact) mass is 547 g/mol. The van der Waals surface area contributed by atoms with Gasteiger partial charge in [0.2, 0.25) is 5.88 Å². The molecule has 2 fully saturated rings. The fraction of sp³-hybridized carbons (Fsp3) is 0.448. The highest BCUT2D eigenvalue weighted by molar-refractivity contribution is 7.91. The first-order valence-corrected chi connectivity index (χ1v) is 15.3. The Labute approximate surface area is 229 Å². The maximum absolute atomic E-state index is 13.5. The minimum atomic E-state index is -3.26. The van der Waals surface area contributed by atoms with E-state index in [0.717, 1.165) is 72.4 Å². The highest BCUT2D eigenvalue weighted by atomic mass is 32.2. The second-order valence-corrected chi connectivity index (χ2v) is 13.0. The van der Waals surface area contributed by atoms with Gasteiger partial charge in [-0.3, -0.25) is 4.90 Å². The Bertz CT molecular complexity index is 1510. The maximum Gasteiger partial charge on any atom is 0.322 e. The molecule has 1 aliphatic heterocycles. The summed E-state index contributed by atoms with van der Waals surface area (Å²) in [7, 11) is -1.63. The smallest absolute Gasteiger partial charge is 0.322 e. The van der Waals surface area contributed by atoms with Gasteiger partial charge in [-0.1, -0.05) is 31.9 Å². The summed E-state index contributed by atoms with van der Waals surface area (Å²) in [6.07, 6.45) is 7.97. The highest BCUT2D eigenvalue weighted by Gasteiger charge is 2.48. The van der Waals surface area contributed by atoms with Crippen LogP contribution in [-0.4, -0.2) is 48.8 Å². The highest BCUT2D eigenvalue weighted by Crippen LogP contribution is 2.51. The number of ether oxygens (including phenoxy) is 1. The SMILES string of the molecule is CCS(=O)(=O)c1ccc(CNC(=O)N2CC3(CCCC3)c3nc(-c4c(OC)ncnc4C4CC4)ccc32)cc1. The molecular weight excluding hydrogens is 514 g/mol. The zero-order valence-corrected chi connectivity index (χ0v) is 23.1. The summed E-state index contributed by atoms with van der Waals surface area (Å²) in [5, 5.41) is 3.03. The Morgan fingerprint density at radius 3 is 2.51 bits per heavy atom. The number of rotatable bonds is 7. The molecule has 2 amide bonds. The van der Waals surface area contributed by atoms with Crippen molar-refractivity contribution in [1.29, 1.82) is 0 Å². The lowest BCUT2D eigenvalue weighted by molar-refractivity contribution is 0.245. The van der Waals surface area contributed by atoms with Crippen molar-refractivity contribution in [2.24, 2.45) is 0 Å². The lowest BCUT2D eigenvalue weighted by Crippen LogP contribution is -2.41. The normalized spacial score (nSPS) is 17.8. The molecule has 1 aromatic carbocycles. The van der Waals surface area contributed by atoms with E-state index in [1.807, 2.05) is 17.0 Å². The Hall–Kier alpha value is -3.53. The van der Waals surface area contributed by atoms with E-state index in [0.29, 0.717) is 29.8 Å². The van der Waals surface area contributed by atoms with E-state index < -0.39 is 9.84 Å². The largest absolute Gasteiger partial charge is 0.480 e. The molecule has 3 heterocycles. The van der Waals surface area contributed by atoms with Crippen LogP contribution in [0, 0.1) is 0 Å². The Morgan fingerprint density at radius 2 is 1.85 bits per heavy atom. The van der Waals surface area contributed by atoms with Gasteiger partial charge in [0.1, 0.15) is 6.33 Å². The third-order valence-electron chi connectivity index (χ3n) is 8.30. The van der Waals surface area contributed by atoms with Gasteiger partial charge in [-0.15, -0.1) is 0 Å².